The van der Waals surface area contributed by atoms with E-state index in [4.69, 9.17) is 5.11 Å². The number of aromatic nitrogens is 2. The Bertz CT molecular complexity index is 596. The van der Waals surface area contributed by atoms with Crippen LogP contribution in [-0.2, 0) is 11.3 Å². The van der Waals surface area contributed by atoms with Gasteiger partial charge in [-0.1, -0.05) is 17.8 Å². The molecule has 2 rings (SSSR count). The first-order valence-electron chi connectivity index (χ1n) is 5.92. The maximum atomic E-state index is 10.7. The van der Waals surface area contributed by atoms with Crippen molar-refractivity contribution in [2.75, 3.05) is 17.8 Å². The average molecular weight is 296 g/mol. The van der Waals surface area contributed by atoms with Crippen molar-refractivity contribution in [1.29, 1.82) is 0 Å². The Morgan fingerprint density at radius 2 is 2.26 bits per heavy atom. The molecule has 0 aliphatic rings. The van der Waals surface area contributed by atoms with Crippen LogP contribution in [0.5, 0.6) is 0 Å². The van der Waals surface area contributed by atoms with Crippen LogP contribution >= 0.6 is 23.5 Å². The molecule has 1 aromatic heterocycles. The van der Waals surface area contributed by atoms with Gasteiger partial charge in [-0.25, -0.2) is 4.98 Å². The molecule has 0 amide bonds. The van der Waals surface area contributed by atoms with Crippen molar-refractivity contribution in [3.05, 3.63) is 23.8 Å². The van der Waals surface area contributed by atoms with Crippen LogP contribution in [-0.4, -0.2) is 38.4 Å². The van der Waals surface area contributed by atoms with Crippen molar-refractivity contribution in [3.8, 4) is 0 Å². The molecule has 0 fully saturated rings. The molecular formula is C13H16N2O2S2. The second-order valence-corrected chi connectivity index (χ2v) is 6.14. The highest BCUT2D eigenvalue weighted by molar-refractivity contribution is 7.99. The number of benzene rings is 1. The lowest BCUT2D eigenvalue weighted by molar-refractivity contribution is -0.133. The molecule has 0 bridgehead atoms. The summed E-state index contributed by atoms with van der Waals surface area (Å²) in [5.74, 6) is 0.214. The third-order valence-corrected chi connectivity index (χ3v) is 4.26. The molecule has 0 spiro atoms. The number of carboxylic acids is 1. The number of rotatable bonds is 6. The van der Waals surface area contributed by atoms with E-state index in [1.54, 1.807) is 11.8 Å². The smallest absolute Gasteiger partial charge is 0.313 e. The highest BCUT2D eigenvalue weighted by atomic mass is 32.2. The number of thioether (sulfide) groups is 2. The zero-order chi connectivity index (χ0) is 13.8. The van der Waals surface area contributed by atoms with E-state index >= 15 is 0 Å². The van der Waals surface area contributed by atoms with Crippen LogP contribution in [0.25, 0.3) is 11.0 Å². The van der Waals surface area contributed by atoms with E-state index in [0.29, 0.717) is 0 Å². The first kappa shape index (κ1) is 14.3. The monoisotopic (exact) mass is 296 g/mol. The summed E-state index contributed by atoms with van der Waals surface area (Å²) < 4.78 is 2.12. The van der Waals surface area contributed by atoms with E-state index in [1.807, 2.05) is 12.1 Å². The minimum atomic E-state index is -0.815. The van der Waals surface area contributed by atoms with Crippen LogP contribution in [0.15, 0.2) is 23.4 Å². The number of nitrogens with zero attached hydrogens (tertiary/aromatic N) is 2. The second kappa shape index (κ2) is 6.34. The predicted molar refractivity (Wildman–Crippen MR) is 81.2 cm³/mol. The maximum absolute atomic E-state index is 10.7. The molecular weight excluding hydrogens is 280 g/mol. The summed E-state index contributed by atoms with van der Waals surface area (Å²) in [6.07, 6.45) is 2.06. The van der Waals surface area contributed by atoms with Crippen molar-refractivity contribution in [1.82, 2.24) is 9.55 Å². The average Bonchev–Trinajstić information content (AvgIpc) is 2.71. The molecule has 19 heavy (non-hydrogen) atoms. The molecule has 1 N–H and O–H groups in total. The van der Waals surface area contributed by atoms with Gasteiger partial charge in [0.25, 0.3) is 0 Å². The fourth-order valence-electron chi connectivity index (χ4n) is 1.85. The van der Waals surface area contributed by atoms with Crippen LogP contribution in [0.1, 0.15) is 5.56 Å². The number of aliphatic carboxylic acids is 1. The molecule has 0 atom stereocenters. The Labute approximate surface area is 120 Å². The number of carboxylic acid groups (broad SMARTS) is 1. The summed E-state index contributed by atoms with van der Waals surface area (Å²) in [6, 6.07) is 6.12. The highest BCUT2D eigenvalue weighted by Crippen LogP contribution is 2.25. The van der Waals surface area contributed by atoms with Crippen LogP contribution < -0.4 is 0 Å². The van der Waals surface area contributed by atoms with Crippen molar-refractivity contribution >= 4 is 40.5 Å². The normalized spacial score (nSPS) is 11.1. The van der Waals surface area contributed by atoms with Gasteiger partial charge in [-0.15, -0.1) is 0 Å². The summed E-state index contributed by atoms with van der Waals surface area (Å²) >= 11 is 3.05. The minimum absolute atomic E-state index is 0.0432. The zero-order valence-electron chi connectivity index (χ0n) is 10.9. The Morgan fingerprint density at radius 1 is 1.47 bits per heavy atom. The van der Waals surface area contributed by atoms with Gasteiger partial charge in [0.15, 0.2) is 5.16 Å². The van der Waals surface area contributed by atoms with Gasteiger partial charge < -0.3 is 9.67 Å². The standard InChI is InChI=1S/C13H16N2O2S2/c1-9-3-4-10-11(7-9)15(5-6-18-2)13(14-10)19-8-12(16)17/h3-4,7H,5-6,8H2,1-2H3,(H,16,17). The first-order chi connectivity index (χ1) is 9.11. The second-order valence-electron chi connectivity index (χ2n) is 4.21. The van der Waals surface area contributed by atoms with E-state index in [9.17, 15) is 4.79 Å². The summed E-state index contributed by atoms with van der Waals surface area (Å²) in [7, 11) is 0. The van der Waals surface area contributed by atoms with Gasteiger partial charge in [0, 0.05) is 12.3 Å². The van der Waals surface area contributed by atoms with Gasteiger partial charge >= 0.3 is 5.97 Å². The summed E-state index contributed by atoms with van der Waals surface area (Å²) in [5, 5.41) is 9.59. The highest BCUT2D eigenvalue weighted by Gasteiger charge is 2.12. The van der Waals surface area contributed by atoms with Crippen LogP contribution in [0.3, 0.4) is 0 Å². The molecule has 0 unspecified atom stereocenters. The lowest BCUT2D eigenvalue weighted by atomic mass is 10.2. The summed E-state index contributed by atoms with van der Waals surface area (Å²) in [5.41, 5.74) is 3.20. The fourth-order valence-corrected chi connectivity index (χ4v) is 2.97. The Balaban J connectivity index is 2.39. The lowest BCUT2D eigenvalue weighted by Gasteiger charge is -2.07. The van der Waals surface area contributed by atoms with Crippen molar-refractivity contribution in [3.63, 3.8) is 0 Å². The van der Waals surface area contributed by atoms with Crippen molar-refractivity contribution < 1.29 is 9.90 Å². The summed E-state index contributed by atoms with van der Waals surface area (Å²) in [4.78, 5) is 15.2. The van der Waals surface area contributed by atoms with Crippen molar-refractivity contribution in [2.45, 2.75) is 18.6 Å². The number of hydrogen-bond acceptors (Lipinski definition) is 4. The van der Waals surface area contributed by atoms with Gasteiger partial charge in [-0.05, 0) is 30.9 Å². The summed E-state index contributed by atoms with van der Waals surface area (Å²) in [6.45, 7) is 2.90. The van der Waals surface area contributed by atoms with E-state index in [2.05, 4.69) is 28.8 Å². The maximum Gasteiger partial charge on any atom is 0.313 e. The molecule has 4 nitrogen and oxygen atoms in total. The third kappa shape index (κ3) is 3.45. The van der Waals surface area contributed by atoms with E-state index < -0.39 is 5.97 Å². The molecule has 0 aliphatic carbocycles. The lowest BCUT2D eigenvalue weighted by Crippen LogP contribution is -2.05. The fraction of sp³-hybridized carbons (Fsp3) is 0.385. The van der Waals surface area contributed by atoms with Gasteiger partial charge in [0.1, 0.15) is 0 Å². The Morgan fingerprint density at radius 3 is 2.95 bits per heavy atom. The molecule has 1 heterocycles. The SMILES string of the molecule is CSCCn1c(SCC(=O)O)nc2ccc(C)cc21. The minimum Gasteiger partial charge on any atom is -0.481 e. The third-order valence-electron chi connectivity index (χ3n) is 2.71. The number of imidazole rings is 1. The van der Waals surface area contributed by atoms with Crippen molar-refractivity contribution in [2.24, 2.45) is 0 Å². The largest absolute Gasteiger partial charge is 0.481 e. The number of hydrogen-bond donors (Lipinski definition) is 1. The Hall–Kier alpha value is -1.14. The molecule has 1 aromatic carbocycles. The van der Waals surface area contributed by atoms with Crippen LogP contribution in [0, 0.1) is 6.92 Å². The predicted octanol–water partition coefficient (Wildman–Crippen LogP) is 2.88. The van der Waals surface area contributed by atoms with Crippen LogP contribution in [0.2, 0.25) is 0 Å². The molecule has 0 aliphatic heterocycles. The molecule has 6 heteroatoms. The van der Waals surface area contributed by atoms with Gasteiger partial charge in [-0.3, -0.25) is 4.79 Å². The first-order valence-corrected chi connectivity index (χ1v) is 8.30. The van der Waals surface area contributed by atoms with E-state index in [1.165, 1.54) is 17.3 Å². The molecule has 0 saturated heterocycles. The quantitative estimate of drug-likeness (QED) is 0.831. The van der Waals surface area contributed by atoms with E-state index in [-0.39, 0.29) is 5.75 Å². The Kier molecular flexibility index (Phi) is 4.76. The molecule has 0 saturated carbocycles. The number of aryl methyl sites for hydroxylation is 2. The van der Waals surface area contributed by atoms with Crippen LogP contribution in [0.4, 0.5) is 0 Å². The molecule has 102 valence electrons. The molecule has 2 aromatic rings. The number of fused-ring (bicyclic) bond motifs is 1. The topological polar surface area (TPSA) is 55.1 Å². The number of carbonyl (C=O) groups is 1. The van der Waals surface area contributed by atoms with E-state index in [0.717, 1.165) is 28.5 Å². The van der Waals surface area contributed by atoms with Gasteiger partial charge in [0.05, 0.1) is 16.8 Å². The van der Waals surface area contributed by atoms with Gasteiger partial charge in [-0.2, -0.15) is 11.8 Å². The molecule has 0 radical (unpaired) electrons. The zero-order valence-corrected chi connectivity index (χ0v) is 12.6. The van der Waals surface area contributed by atoms with Gasteiger partial charge in [0.2, 0.25) is 0 Å².